The van der Waals surface area contributed by atoms with Gasteiger partial charge in [-0.15, -0.1) is 0 Å². The third-order valence-electron chi connectivity index (χ3n) is 4.57. The summed E-state index contributed by atoms with van der Waals surface area (Å²) < 4.78 is 27.7. The average molecular weight is 508 g/mol. The molecular weight excluding hydrogens is 485 g/mol. The summed E-state index contributed by atoms with van der Waals surface area (Å²) in [5.74, 6) is 0. The summed E-state index contributed by atoms with van der Waals surface area (Å²) >= 11 is 17.2. The van der Waals surface area contributed by atoms with Gasteiger partial charge in [0.2, 0.25) is 0 Å². The van der Waals surface area contributed by atoms with Gasteiger partial charge in [-0.25, -0.2) is 8.42 Å². The molecule has 0 saturated heterocycles. The zero-order valence-electron chi connectivity index (χ0n) is 17.4. The molecule has 3 aromatic carbocycles. The highest BCUT2D eigenvalue weighted by atomic mass is 35.5. The van der Waals surface area contributed by atoms with Crippen LogP contribution in [0.15, 0.2) is 71.6 Å². The van der Waals surface area contributed by atoms with E-state index < -0.39 is 10.0 Å². The van der Waals surface area contributed by atoms with Crippen LogP contribution in [0.2, 0.25) is 10.0 Å². The topological polar surface area (TPSA) is 70.2 Å². The molecule has 3 aromatic rings. The Morgan fingerprint density at radius 1 is 0.844 bits per heavy atom. The minimum atomic E-state index is -3.80. The van der Waals surface area contributed by atoms with Crippen molar-refractivity contribution in [2.24, 2.45) is 0 Å². The first-order valence-electron chi connectivity index (χ1n) is 10.0. The maximum Gasteiger partial charge on any atom is 0.261 e. The first-order chi connectivity index (χ1) is 15.2. The number of nitrogens with one attached hydrogen (secondary N) is 3. The molecule has 0 heterocycles. The van der Waals surface area contributed by atoms with Crippen molar-refractivity contribution in [1.29, 1.82) is 0 Å². The van der Waals surface area contributed by atoms with E-state index in [-0.39, 0.29) is 10.6 Å². The maximum absolute atomic E-state index is 12.6. The average Bonchev–Trinajstić information content (AvgIpc) is 2.72. The van der Waals surface area contributed by atoms with Crippen LogP contribution in [0, 0.1) is 0 Å². The molecule has 0 spiro atoms. The zero-order valence-corrected chi connectivity index (χ0v) is 20.5. The fourth-order valence-electron chi connectivity index (χ4n) is 2.97. The Kier molecular flexibility index (Phi) is 8.37. The number of sulfonamides is 1. The molecule has 0 atom stereocenters. The van der Waals surface area contributed by atoms with E-state index in [2.05, 4.69) is 34.4 Å². The Balaban J connectivity index is 1.60. The van der Waals surface area contributed by atoms with Crippen LogP contribution >= 0.6 is 35.4 Å². The minimum Gasteiger partial charge on any atom is -0.332 e. The Morgan fingerprint density at radius 3 is 1.91 bits per heavy atom. The number of aryl methyl sites for hydroxylation is 1. The molecule has 32 heavy (non-hydrogen) atoms. The number of hydrogen-bond donors (Lipinski definition) is 3. The van der Waals surface area contributed by atoms with Crippen LogP contribution in [0.3, 0.4) is 0 Å². The van der Waals surface area contributed by atoms with Crippen molar-refractivity contribution >= 4 is 67.6 Å². The standard InChI is InChI=1S/C23H23Cl2N3O2S2/c1-2-3-4-16-5-7-19(8-6-16)26-23(31)27-20-9-11-22(12-10-20)32(29,30)28-21-14-17(24)13-18(25)15-21/h5-15,28H,2-4H2,1H3,(H2,26,27,31). The summed E-state index contributed by atoms with van der Waals surface area (Å²) in [5.41, 5.74) is 3.12. The molecule has 3 rings (SSSR count). The maximum atomic E-state index is 12.6. The van der Waals surface area contributed by atoms with E-state index in [4.69, 9.17) is 35.4 Å². The van der Waals surface area contributed by atoms with Crippen LogP contribution in [0.4, 0.5) is 17.1 Å². The van der Waals surface area contributed by atoms with Gasteiger partial charge in [0.25, 0.3) is 10.0 Å². The van der Waals surface area contributed by atoms with E-state index in [0.717, 1.165) is 12.1 Å². The van der Waals surface area contributed by atoms with Gasteiger partial charge in [-0.3, -0.25) is 4.72 Å². The largest absolute Gasteiger partial charge is 0.332 e. The molecule has 3 N–H and O–H groups in total. The quantitative estimate of drug-likeness (QED) is 0.288. The summed E-state index contributed by atoms with van der Waals surface area (Å²) in [6.45, 7) is 2.17. The van der Waals surface area contributed by atoms with Gasteiger partial charge < -0.3 is 10.6 Å². The summed E-state index contributed by atoms with van der Waals surface area (Å²) in [7, 11) is -3.80. The third kappa shape index (κ3) is 7.10. The van der Waals surface area contributed by atoms with Gasteiger partial charge in [-0.2, -0.15) is 0 Å². The van der Waals surface area contributed by atoms with Crippen LogP contribution < -0.4 is 15.4 Å². The highest BCUT2D eigenvalue weighted by Crippen LogP contribution is 2.25. The third-order valence-corrected chi connectivity index (χ3v) is 6.61. The number of halogens is 2. The molecule has 5 nitrogen and oxygen atoms in total. The van der Waals surface area contributed by atoms with Gasteiger partial charge in [0.05, 0.1) is 10.6 Å². The van der Waals surface area contributed by atoms with Crippen LogP contribution in [0.1, 0.15) is 25.3 Å². The van der Waals surface area contributed by atoms with Gasteiger partial charge >= 0.3 is 0 Å². The summed E-state index contributed by atoms with van der Waals surface area (Å²) in [5, 5.41) is 7.27. The van der Waals surface area contributed by atoms with E-state index in [9.17, 15) is 8.42 Å². The second kappa shape index (κ2) is 11.0. The van der Waals surface area contributed by atoms with E-state index in [0.29, 0.717) is 20.8 Å². The molecule has 0 amide bonds. The van der Waals surface area contributed by atoms with Crippen molar-refractivity contribution in [1.82, 2.24) is 0 Å². The lowest BCUT2D eigenvalue weighted by Crippen LogP contribution is -2.19. The van der Waals surface area contributed by atoms with Crippen molar-refractivity contribution in [3.8, 4) is 0 Å². The minimum absolute atomic E-state index is 0.0979. The predicted molar refractivity (Wildman–Crippen MR) is 139 cm³/mol. The van der Waals surface area contributed by atoms with Crippen LogP contribution in [0.25, 0.3) is 0 Å². The Morgan fingerprint density at radius 2 is 1.38 bits per heavy atom. The van der Waals surface area contributed by atoms with Crippen molar-refractivity contribution in [2.75, 3.05) is 15.4 Å². The number of thiocarbonyl (C=S) groups is 1. The molecule has 168 valence electrons. The molecule has 9 heteroatoms. The number of unbranched alkanes of at least 4 members (excludes halogenated alkanes) is 1. The highest BCUT2D eigenvalue weighted by molar-refractivity contribution is 7.92. The Bertz CT molecular complexity index is 1160. The van der Waals surface area contributed by atoms with Gasteiger partial charge in [0.1, 0.15) is 0 Å². The lowest BCUT2D eigenvalue weighted by Gasteiger charge is -2.12. The monoisotopic (exact) mass is 507 g/mol. The van der Waals surface area contributed by atoms with E-state index >= 15 is 0 Å². The van der Waals surface area contributed by atoms with Gasteiger partial charge in [0.15, 0.2) is 5.11 Å². The molecule has 0 saturated carbocycles. The van der Waals surface area contributed by atoms with Crippen molar-refractivity contribution in [3.63, 3.8) is 0 Å². The molecule has 0 aliphatic rings. The first kappa shape index (κ1) is 24.3. The van der Waals surface area contributed by atoms with Crippen molar-refractivity contribution in [2.45, 2.75) is 31.1 Å². The molecule has 0 fully saturated rings. The molecule has 0 bridgehead atoms. The number of hydrogen-bond acceptors (Lipinski definition) is 3. The number of anilines is 3. The van der Waals surface area contributed by atoms with Crippen molar-refractivity contribution in [3.05, 3.63) is 82.3 Å². The van der Waals surface area contributed by atoms with E-state index in [1.54, 1.807) is 12.1 Å². The van der Waals surface area contributed by atoms with Gasteiger partial charge in [-0.1, -0.05) is 48.7 Å². The number of rotatable bonds is 8. The fraction of sp³-hybridized carbons (Fsp3) is 0.174. The first-order valence-corrected chi connectivity index (χ1v) is 12.7. The summed E-state index contributed by atoms with van der Waals surface area (Å²) in [6, 6.07) is 18.9. The number of benzene rings is 3. The Labute approximate surface area is 204 Å². The molecule has 0 aliphatic carbocycles. The normalized spacial score (nSPS) is 11.1. The molecule has 0 aromatic heterocycles. The van der Waals surface area contributed by atoms with Crippen LogP contribution in [-0.2, 0) is 16.4 Å². The SMILES string of the molecule is CCCCc1ccc(NC(=S)Nc2ccc(S(=O)(=O)Nc3cc(Cl)cc(Cl)c3)cc2)cc1. The van der Waals surface area contributed by atoms with E-state index in [1.807, 2.05) is 12.1 Å². The molecule has 0 aliphatic heterocycles. The second-order valence-corrected chi connectivity index (χ2v) is 10.1. The fourth-order valence-corrected chi connectivity index (χ4v) is 4.78. The lowest BCUT2D eigenvalue weighted by atomic mass is 10.1. The predicted octanol–water partition coefficient (Wildman–Crippen LogP) is 6.95. The van der Waals surface area contributed by atoms with Crippen molar-refractivity contribution < 1.29 is 8.42 Å². The van der Waals surface area contributed by atoms with E-state index in [1.165, 1.54) is 48.7 Å². The Hall–Kier alpha value is -2.32. The highest BCUT2D eigenvalue weighted by Gasteiger charge is 2.15. The van der Waals surface area contributed by atoms with Gasteiger partial charge in [0, 0.05) is 21.4 Å². The second-order valence-electron chi connectivity index (χ2n) is 7.17. The van der Waals surface area contributed by atoms with Gasteiger partial charge in [-0.05, 0) is 85.2 Å². The summed E-state index contributed by atoms with van der Waals surface area (Å²) in [6.07, 6.45) is 3.40. The zero-order chi connectivity index (χ0) is 23.1. The molecular formula is C23H23Cl2N3O2S2. The summed E-state index contributed by atoms with van der Waals surface area (Å²) in [4.78, 5) is 0.0979. The van der Waals surface area contributed by atoms with Crippen LogP contribution in [0.5, 0.6) is 0 Å². The smallest absolute Gasteiger partial charge is 0.261 e. The molecule has 0 unspecified atom stereocenters. The molecule has 0 radical (unpaired) electrons. The lowest BCUT2D eigenvalue weighted by molar-refractivity contribution is 0.601. The van der Waals surface area contributed by atoms with Crippen LogP contribution in [-0.4, -0.2) is 13.5 Å².